The maximum atomic E-state index is 13.3. The van der Waals surface area contributed by atoms with E-state index in [1.165, 1.54) is 0 Å². The topological polar surface area (TPSA) is 63.1 Å². The van der Waals surface area contributed by atoms with Crippen LogP contribution in [-0.2, 0) is 6.54 Å². The van der Waals surface area contributed by atoms with Crippen molar-refractivity contribution in [3.63, 3.8) is 0 Å². The maximum absolute atomic E-state index is 13.3. The number of rotatable bonds is 5. The molecule has 0 atom stereocenters. The molecule has 0 radical (unpaired) electrons. The molecular weight excluding hydrogens is 362 g/mol. The van der Waals surface area contributed by atoms with Crippen molar-refractivity contribution in [1.82, 2.24) is 9.99 Å². The first kappa shape index (κ1) is 18.5. The summed E-state index contributed by atoms with van der Waals surface area (Å²) in [7, 11) is 0. The quantitative estimate of drug-likeness (QED) is 0.510. The molecule has 0 aliphatic rings. The molecule has 29 heavy (non-hydrogen) atoms. The van der Waals surface area contributed by atoms with Gasteiger partial charge in [-0.15, -0.1) is 0 Å². The Hall–Kier alpha value is -3.86. The van der Waals surface area contributed by atoms with Crippen LogP contribution in [-0.4, -0.2) is 10.5 Å². The van der Waals surface area contributed by atoms with Crippen LogP contribution < -0.4 is 16.4 Å². The molecule has 0 saturated carbocycles. The van der Waals surface area contributed by atoms with E-state index in [1.54, 1.807) is 4.57 Å². The molecule has 1 heterocycles. The van der Waals surface area contributed by atoms with Crippen LogP contribution in [0.25, 0.3) is 10.9 Å². The number of amides is 1. The van der Waals surface area contributed by atoms with Crippen molar-refractivity contribution in [3.8, 4) is 0 Å². The number of pyridine rings is 1. The van der Waals surface area contributed by atoms with Gasteiger partial charge in [0.25, 0.3) is 11.5 Å². The number of hydrazine groups is 1. The highest BCUT2D eigenvalue weighted by atomic mass is 16.2. The van der Waals surface area contributed by atoms with Crippen molar-refractivity contribution >= 4 is 22.5 Å². The number of aromatic nitrogens is 1. The van der Waals surface area contributed by atoms with E-state index in [0.29, 0.717) is 12.1 Å². The van der Waals surface area contributed by atoms with Gasteiger partial charge in [0.05, 0.1) is 17.7 Å². The fourth-order valence-electron chi connectivity index (χ4n) is 3.47. The molecule has 5 nitrogen and oxygen atoms in total. The number of hydrogen-bond acceptors (Lipinski definition) is 3. The van der Waals surface area contributed by atoms with Crippen molar-refractivity contribution in [2.24, 2.45) is 0 Å². The lowest BCUT2D eigenvalue weighted by Crippen LogP contribution is -2.37. The first-order chi connectivity index (χ1) is 14.1. The predicted molar refractivity (Wildman–Crippen MR) is 116 cm³/mol. The Morgan fingerprint density at radius 3 is 2.21 bits per heavy atom. The summed E-state index contributed by atoms with van der Waals surface area (Å²) in [5.41, 5.74) is 8.57. The van der Waals surface area contributed by atoms with Crippen molar-refractivity contribution in [3.05, 3.63) is 112 Å². The van der Waals surface area contributed by atoms with E-state index < -0.39 is 5.91 Å². The molecule has 4 aromatic rings. The largest absolute Gasteiger partial charge is 0.303 e. The first-order valence-electron chi connectivity index (χ1n) is 9.42. The average molecular weight is 383 g/mol. The molecule has 0 saturated heterocycles. The molecule has 0 bridgehead atoms. The molecule has 3 aromatic carbocycles. The van der Waals surface area contributed by atoms with Gasteiger partial charge in [-0.05, 0) is 36.2 Å². The zero-order valence-corrected chi connectivity index (χ0v) is 16.1. The lowest BCUT2D eigenvalue weighted by molar-refractivity contribution is 0.0960. The Kier molecular flexibility index (Phi) is 5.12. The van der Waals surface area contributed by atoms with Crippen LogP contribution in [0.15, 0.2) is 89.7 Å². The second-order valence-corrected chi connectivity index (χ2v) is 6.84. The SMILES string of the molecule is Cc1c(C(=O)NNc2ccccc2)c(=O)n(Cc2ccccc2)c2ccccc12. The molecule has 1 aromatic heterocycles. The third-order valence-corrected chi connectivity index (χ3v) is 4.94. The molecule has 0 spiro atoms. The Morgan fingerprint density at radius 1 is 0.862 bits per heavy atom. The van der Waals surface area contributed by atoms with E-state index in [0.717, 1.165) is 22.2 Å². The highest BCUT2D eigenvalue weighted by Gasteiger charge is 2.20. The van der Waals surface area contributed by atoms with E-state index >= 15 is 0 Å². The number of nitrogens with one attached hydrogen (secondary N) is 2. The number of anilines is 1. The van der Waals surface area contributed by atoms with E-state index in [4.69, 9.17) is 0 Å². The number of hydrogen-bond donors (Lipinski definition) is 2. The molecular formula is C24H21N3O2. The normalized spacial score (nSPS) is 10.7. The van der Waals surface area contributed by atoms with Crippen molar-refractivity contribution < 1.29 is 4.79 Å². The number of carbonyl (C=O) groups is 1. The fourth-order valence-corrected chi connectivity index (χ4v) is 3.47. The fraction of sp³-hybridized carbons (Fsp3) is 0.0833. The van der Waals surface area contributed by atoms with Crippen LogP contribution in [0.3, 0.4) is 0 Å². The monoisotopic (exact) mass is 383 g/mol. The number of nitrogens with zero attached hydrogens (tertiary/aromatic N) is 1. The van der Waals surface area contributed by atoms with Crippen LogP contribution >= 0.6 is 0 Å². The van der Waals surface area contributed by atoms with E-state index in [1.807, 2.05) is 91.9 Å². The maximum Gasteiger partial charge on any atom is 0.275 e. The lowest BCUT2D eigenvalue weighted by Gasteiger charge is -2.16. The van der Waals surface area contributed by atoms with Gasteiger partial charge < -0.3 is 4.57 Å². The van der Waals surface area contributed by atoms with Gasteiger partial charge in [-0.2, -0.15) is 0 Å². The second kappa shape index (κ2) is 8.02. The first-order valence-corrected chi connectivity index (χ1v) is 9.42. The number of carbonyl (C=O) groups excluding carboxylic acids is 1. The molecule has 1 amide bonds. The molecule has 4 rings (SSSR count). The Bertz CT molecular complexity index is 1220. The third-order valence-electron chi connectivity index (χ3n) is 4.94. The van der Waals surface area contributed by atoms with Gasteiger partial charge in [-0.1, -0.05) is 66.7 Å². The second-order valence-electron chi connectivity index (χ2n) is 6.84. The van der Waals surface area contributed by atoms with Crippen LogP contribution in [0.5, 0.6) is 0 Å². The van der Waals surface area contributed by atoms with Gasteiger partial charge in [0, 0.05) is 5.39 Å². The zero-order chi connectivity index (χ0) is 20.2. The minimum Gasteiger partial charge on any atom is -0.303 e. The highest BCUT2D eigenvalue weighted by molar-refractivity contribution is 6.00. The molecule has 144 valence electrons. The van der Waals surface area contributed by atoms with Crippen LogP contribution in [0, 0.1) is 6.92 Å². The summed E-state index contributed by atoms with van der Waals surface area (Å²) in [6.45, 7) is 2.21. The average Bonchev–Trinajstić information content (AvgIpc) is 2.77. The highest BCUT2D eigenvalue weighted by Crippen LogP contribution is 2.20. The van der Waals surface area contributed by atoms with Crippen molar-refractivity contribution in [2.75, 3.05) is 5.43 Å². The summed E-state index contributed by atoms with van der Waals surface area (Å²) in [5.74, 6) is -0.455. The van der Waals surface area contributed by atoms with E-state index in [-0.39, 0.29) is 11.1 Å². The predicted octanol–water partition coefficient (Wildman–Crippen LogP) is 4.12. The molecule has 0 aliphatic heterocycles. The summed E-state index contributed by atoms with van der Waals surface area (Å²) in [4.78, 5) is 26.3. The molecule has 0 aliphatic carbocycles. The summed E-state index contributed by atoms with van der Waals surface area (Å²) in [5, 5.41) is 0.882. The van der Waals surface area contributed by atoms with Gasteiger partial charge in [-0.3, -0.25) is 20.4 Å². The minimum absolute atomic E-state index is 0.142. The Labute approximate surface area is 168 Å². The molecule has 5 heteroatoms. The molecule has 0 unspecified atom stereocenters. The lowest BCUT2D eigenvalue weighted by atomic mass is 10.0. The number of para-hydroxylation sites is 2. The standard InChI is InChI=1S/C24H21N3O2/c1-17-20-14-8-9-15-21(20)27(16-18-10-4-2-5-11-18)24(29)22(17)23(28)26-25-19-12-6-3-7-13-19/h2-15,25H,16H2,1H3,(H,26,28). The number of fused-ring (bicyclic) bond motifs is 1. The molecule has 0 fully saturated rings. The number of benzene rings is 3. The smallest absolute Gasteiger partial charge is 0.275 e. The van der Waals surface area contributed by atoms with E-state index in [9.17, 15) is 9.59 Å². The van der Waals surface area contributed by atoms with Crippen LogP contribution in [0.2, 0.25) is 0 Å². The van der Waals surface area contributed by atoms with Crippen molar-refractivity contribution in [2.45, 2.75) is 13.5 Å². The van der Waals surface area contributed by atoms with Crippen LogP contribution in [0.4, 0.5) is 5.69 Å². The number of aryl methyl sites for hydroxylation is 1. The minimum atomic E-state index is -0.455. The van der Waals surface area contributed by atoms with Gasteiger partial charge >= 0.3 is 0 Å². The van der Waals surface area contributed by atoms with Gasteiger partial charge in [-0.25, -0.2) is 0 Å². The van der Waals surface area contributed by atoms with Gasteiger partial charge in [0.15, 0.2) is 0 Å². The summed E-state index contributed by atoms with van der Waals surface area (Å²) >= 11 is 0. The van der Waals surface area contributed by atoms with Gasteiger partial charge in [0.1, 0.15) is 5.56 Å². The zero-order valence-electron chi connectivity index (χ0n) is 16.1. The van der Waals surface area contributed by atoms with Crippen LogP contribution in [0.1, 0.15) is 21.5 Å². The summed E-state index contributed by atoms with van der Waals surface area (Å²) in [6.07, 6.45) is 0. The van der Waals surface area contributed by atoms with E-state index in [2.05, 4.69) is 10.9 Å². The molecule has 2 N–H and O–H groups in total. The Balaban J connectivity index is 1.77. The Morgan fingerprint density at radius 2 is 1.48 bits per heavy atom. The summed E-state index contributed by atoms with van der Waals surface area (Å²) < 4.78 is 1.66. The summed E-state index contributed by atoms with van der Waals surface area (Å²) in [6, 6.07) is 26.7. The van der Waals surface area contributed by atoms with Gasteiger partial charge in [0.2, 0.25) is 0 Å². The third kappa shape index (κ3) is 3.75. The van der Waals surface area contributed by atoms with Crippen molar-refractivity contribution in [1.29, 1.82) is 0 Å².